The zero-order valence-electron chi connectivity index (χ0n) is 12.4. The molecule has 0 amide bonds. The van der Waals surface area contributed by atoms with Crippen LogP contribution in [-0.2, 0) is 0 Å². The number of nitrogens with zero attached hydrogens (tertiary/aromatic N) is 3. The molecule has 1 aliphatic rings. The number of thiazole rings is 1. The molecule has 112 valence electrons. The van der Waals surface area contributed by atoms with Crippen molar-refractivity contribution >= 4 is 11.3 Å². The van der Waals surface area contributed by atoms with E-state index in [4.69, 9.17) is 5.73 Å². The topological polar surface area (TPSA) is 45.4 Å². The summed E-state index contributed by atoms with van der Waals surface area (Å²) in [5, 5.41) is 0. The molecule has 21 heavy (non-hydrogen) atoms. The smallest absolute Gasteiger partial charge is 0.0797 e. The number of rotatable bonds is 4. The van der Waals surface area contributed by atoms with Crippen LogP contribution in [0.15, 0.2) is 36.0 Å². The molecule has 0 unspecified atom stereocenters. The Balaban J connectivity index is 1.61. The Morgan fingerprint density at radius 3 is 2.52 bits per heavy atom. The van der Waals surface area contributed by atoms with E-state index in [1.54, 1.807) is 11.3 Å². The van der Waals surface area contributed by atoms with Gasteiger partial charge in [-0.2, -0.15) is 0 Å². The highest BCUT2D eigenvalue weighted by atomic mass is 32.1. The van der Waals surface area contributed by atoms with E-state index in [1.807, 2.05) is 11.7 Å². The average molecular weight is 302 g/mol. The Labute approximate surface area is 130 Å². The van der Waals surface area contributed by atoms with E-state index in [0.29, 0.717) is 0 Å². The molecule has 5 heteroatoms. The first-order valence-corrected chi connectivity index (χ1v) is 8.25. The van der Waals surface area contributed by atoms with Gasteiger partial charge in [-0.05, 0) is 18.2 Å². The molecule has 0 spiro atoms. The fourth-order valence-electron chi connectivity index (χ4n) is 2.67. The summed E-state index contributed by atoms with van der Waals surface area (Å²) in [4.78, 5) is 10.2. The minimum absolute atomic E-state index is 0.0870. The molecule has 1 fully saturated rings. The van der Waals surface area contributed by atoms with Gasteiger partial charge in [0.05, 0.1) is 10.4 Å². The second-order valence-electron chi connectivity index (χ2n) is 5.70. The minimum Gasteiger partial charge on any atom is -0.323 e. The van der Waals surface area contributed by atoms with Crippen molar-refractivity contribution in [1.82, 2.24) is 14.8 Å². The van der Waals surface area contributed by atoms with Gasteiger partial charge in [0.1, 0.15) is 0 Å². The Bertz CT molecular complexity index is 544. The van der Waals surface area contributed by atoms with Crippen LogP contribution in [0.4, 0.5) is 0 Å². The van der Waals surface area contributed by atoms with Crippen LogP contribution in [-0.4, -0.2) is 54.6 Å². The molecule has 0 radical (unpaired) electrons. The molecule has 1 aliphatic heterocycles. The molecule has 2 heterocycles. The zero-order chi connectivity index (χ0) is 14.7. The van der Waals surface area contributed by atoms with Crippen molar-refractivity contribution in [2.75, 3.05) is 39.8 Å². The number of likely N-dealkylation sites (N-methyl/N-ethyl adjacent to an activating group) is 1. The van der Waals surface area contributed by atoms with Gasteiger partial charge < -0.3 is 10.6 Å². The maximum Gasteiger partial charge on any atom is 0.0797 e. The Hall–Kier alpha value is -1.27. The van der Waals surface area contributed by atoms with E-state index in [0.717, 1.165) is 32.7 Å². The largest absolute Gasteiger partial charge is 0.323 e. The van der Waals surface area contributed by atoms with Gasteiger partial charge in [-0.25, -0.2) is 0 Å². The molecule has 3 rings (SSSR count). The lowest BCUT2D eigenvalue weighted by molar-refractivity contribution is 0.147. The van der Waals surface area contributed by atoms with Crippen molar-refractivity contribution in [3.8, 4) is 10.4 Å². The summed E-state index contributed by atoms with van der Waals surface area (Å²) in [6, 6.07) is 8.68. The summed E-state index contributed by atoms with van der Waals surface area (Å²) >= 11 is 1.66. The standard InChI is InChI=1S/C16H22N4S/c1-19-6-8-20(9-7-19)11-15(17)13-2-4-14(5-3-13)16-10-18-12-21-16/h2-5,10,12,15H,6-9,11,17H2,1H3/t15-/m0/s1. The van der Waals surface area contributed by atoms with Crippen molar-refractivity contribution in [2.45, 2.75) is 6.04 Å². The molecular formula is C16H22N4S. The van der Waals surface area contributed by atoms with Gasteiger partial charge >= 0.3 is 0 Å². The lowest BCUT2D eigenvalue weighted by atomic mass is 10.0. The molecule has 2 N–H and O–H groups in total. The summed E-state index contributed by atoms with van der Waals surface area (Å²) in [7, 11) is 2.18. The van der Waals surface area contributed by atoms with Crippen molar-refractivity contribution < 1.29 is 0 Å². The fourth-order valence-corrected chi connectivity index (χ4v) is 3.30. The molecule has 2 aromatic rings. The third-order valence-corrected chi connectivity index (χ3v) is 4.93. The number of hydrogen-bond acceptors (Lipinski definition) is 5. The molecule has 1 saturated heterocycles. The van der Waals surface area contributed by atoms with Gasteiger partial charge in [0.2, 0.25) is 0 Å². The molecule has 0 saturated carbocycles. The van der Waals surface area contributed by atoms with Gasteiger partial charge in [0.15, 0.2) is 0 Å². The highest BCUT2D eigenvalue weighted by molar-refractivity contribution is 7.13. The maximum absolute atomic E-state index is 6.36. The predicted molar refractivity (Wildman–Crippen MR) is 88.4 cm³/mol. The van der Waals surface area contributed by atoms with Crippen LogP contribution in [0.25, 0.3) is 10.4 Å². The fraction of sp³-hybridized carbons (Fsp3) is 0.438. The first-order chi connectivity index (χ1) is 10.2. The normalized spacial score (nSPS) is 18.8. The molecule has 0 bridgehead atoms. The first-order valence-electron chi connectivity index (χ1n) is 7.37. The summed E-state index contributed by atoms with van der Waals surface area (Å²) < 4.78 is 0. The highest BCUT2D eigenvalue weighted by Gasteiger charge is 2.17. The monoisotopic (exact) mass is 302 g/mol. The lowest BCUT2D eigenvalue weighted by Gasteiger charge is -2.33. The number of hydrogen-bond donors (Lipinski definition) is 1. The highest BCUT2D eigenvalue weighted by Crippen LogP contribution is 2.24. The molecule has 1 aromatic heterocycles. The molecule has 0 aliphatic carbocycles. The van der Waals surface area contributed by atoms with E-state index < -0.39 is 0 Å². The molecule has 1 aromatic carbocycles. The van der Waals surface area contributed by atoms with Gasteiger partial charge in [-0.15, -0.1) is 11.3 Å². The summed E-state index contributed by atoms with van der Waals surface area (Å²) in [5.74, 6) is 0. The van der Waals surface area contributed by atoms with Crippen molar-refractivity contribution in [3.05, 3.63) is 41.5 Å². The number of nitrogens with two attached hydrogens (primary N) is 1. The van der Waals surface area contributed by atoms with Gasteiger partial charge in [0.25, 0.3) is 0 Å². The summed E-state index contributed by atoms with van der Waals surface area (Å²) in [5.41, 5.74) is 10.7. The van der Waals surface area contributed by atoms with Crippen LogP contribution in [0.1, 0.15) is 11.6 Å². The average Bonchev–Trinajstić information content (AvgIpc) is 3.04. The number of benzene rings is 1. The Kier molecular flexibility index (Phi) is 4.65. The second-order valence-corrected chi connectivity index (χ2v) is 6.58. The maximum atomic E-state index is 6.36. The van der Waals surface area contributed by atoms with Crippen LogP contribution >= 0.6 is 11.3 Å². The first kappa shape index (κ1) is 14.7. The SMILES string of the molecule is CN1CCN(C[C@H](N)c2ccc(-c3cncs3)cc2)CC1. The van der Waals surface area contributed by atoms with Crippen LogP contribution in [0.3, 0.4) is 0 Å². The van der Waals surface area contributed by atoms with Crippen LogP contribution in [0.5, 0.6) is 0 Å². The van der Waals surface area contributed by atoms with Gasteiger partial charge in [-0.1, -0.05) is 24.3 Å². The van der Waals surface area contributed by atoms with E-state index >= 15 is 0 Å². The third kappa shape index (κ3) is 3.68. The quantitative estimate of drug-likeness (QED) is 0.939. The Morgan fingerprint density at radius 2 is 1.90 bits per heavy atom. The summed E-state index contributed by atoms with van der Waals surface area (Å²) in [6.45, 7) is 5.44. The lowest BCUT2D eigenvalue weighted by Crippen LogP contribution is -2.46. The number of piperazine rings is 1. The molecular weight excluding hydrogens is 280 g/mol. The van der Waals surface area contributed by atoms with Crippen LogP contribution in [0, 0.1) is 0 Å². The minimum atomic E-state index is 0.0870. The van der Waals surface area contributed by atoms with Gasteiger partial charge in [-0.3, -0.25) is 9.88 Å². The van der Waals surface area contributed by atoms with E-state index in [-0.39, 0.29) is 6.04 Å². The predicted octanol–water partition coefficient (Wildman–Crippen LogP) is 2.06. The van der Waals surface area contributed by atoms with Crippen molar-refractivity contribution in [3.63, 3.8) is 0 Å². The molecule has 4 nitrogen and oxygen atoms in total. The zero-order valence-corrected chi connectivity index (χ0v) is 13.2. The third-order valence-electron chi connectivity index (χ3n) is 4.11. The van der Waals surface area contributed by atoms with E-state index in [2.05, 4.69) is 46.1 Å². The molecule has 1 atom stereocenters. The summed E-state index contributed by atoms with van der Waals surface area (Å²) in [6.07, 6.45) is 1.91. The van der Waals surface area contributed by atoms with E-state index in [9.17, 15) is 0 Å². The van der Waals surface area contributed by atoms with Crippen molar-refractivity contribution in [2.24, 2.45) is 5.73 Å². The van der Waals surface area contributed by atoms with Crippen LogP contribution in [0.2, 0.25) is 0 Å². The van der Waals surface area contributed by atoms with Gasteiger partial charge in [0, 0.05) is 45.0 Å². The number of aromatic nitrogens is 1. The van der Waals surface area contributed by atoms with E-state index in [1.165, 1.54) is 16.0 Å². The van der Waals surface area contributed by atoms with Crippen LogP contribution < -0.4 is 5.73 Å². The Morgan fingerprint density at radius 1 is 1.19 bits per heavy atom. The second kappa shape index (κ2) is 6.66. The van der Waals surface area contributed by atoms with Crippen molar-refractivity contribution in [1.29, 1.82) is 0 Å².